The first-order chi connectivity index (χ1) is 15.0. The molecule has 4 rings (SSSR count). The normalized spacial score (nSPS) is 10.8. The van der Waals surface area contributed by atoms with Crippen LogP contribution in [0.15, 0.2) is 72.8 Å². The molecule has 0 atom stereocenters. The second-order valence-electron chi connectivity index (χ2n) is 7.76. The topological polar surface area (TPSA) is 42.0 Å². The van der Waals surface area contributed by atoms with Gasteiger partial charge in [0.25, 0.3) is 5.91 Å². The number of aryl methyl sites for hydroxylation is 3. The molecule has 1 aromatic heterocycles. The lowest BCUT2D eigenvalue weighted by Crippen LogP contribution is -2.11. The molecule has 1 N–H and O–H groups in total. The molecule has 3 aromatic carbocycles. The fourth-order valence-corrected chi connectivity index (χ4v) is 4.69. The van der Waals surface area contributed by atoms with Gasteiger partial charge in [0.05, 0.1) is 5.69 Å². The molecule has 0 spiro atoms. The summed E-state index contributed by atoms with van der Waals surface area (Å²) in [5, 5.41) is 3.66. The van der Waals surface area contributed by atoms with Crippen LogP contribution in [0, 0.1) is 13.8 Å². The van der Waals surface area contributed by atoms with E-state index in [-0.39, 0.29) is 5.91 Å². The zero-order valence-electron chi connectivity index (χ0n) is 18.1. The van der Waals surface area contributed by atoms with E-state index in [0.29, 0.717) is 10.7 Å². The van der Waals surface area contributed by atoms with Gasteiger partial charge in [0.1, 0.15) is 0 Å². The van der Waals surface area contributed by atoms with Crippen LogP contribution in [-0.2, 0) is 6.42 Å². The maximum Gasteiger partial charge on any atom is 0.257 e. The van der Waals surface area contributed by atoms with Crippen LogP contribution in [0.1, 0.15) is 39.7 Å². The summed E-state index contributed by atoms with van der Waals surface area (Å²) in [4.78, 5) is 18.9. The molecule has 0 fully saturated rings. The van der Waals surface area contributed by atoms with E-state index >= 15 is 0 Å². The molecule has 1 heterocycles. The monoisotopic (exact) mass is 426 g/mol. The van der Waals surface area contributed by atoms with Crippen LogP contribution in [0.4, 0.5) is 5.13 Å². The van der Waals surface area contributed by atoms with Crippen molar-refractivity contribution in [3.63, 3.8) is 0 Å². The number of thiazole rings is 1. The molecule has 0 saturated carbocycles. The Bertz CT molecular complexity index is 1190. The summed E-state index contributed by atoms with van der Waals surface area (Å²) in [6.07, 6.45) is 1.98. The van der Waals surface area contributed by atoms with E-state index in [1.807, 2.05) is 42.5 Å². The standard InChI is InChI=1S/C27H26N2OS/c1-4-8-24-25(23-17-18(2)11-12-19(23)3)28-27(31-24)29-26(30)22-15-13-21(14-16-22)20-9-6-5-7-10-20/h5-7,9-17H,4,8H2,1-3H3,(H,28,29,30). The number of nitrogens with one attached hydrogen (secondary N) is 1. The predicted octanol–water partition coefficient (Wildman–Crippen LogP) is 7.30. The van der Waals surface area contributed by atoms with E-state index in [9.17, 15) is 4.79 Å². The fraction of sp³-hybridized carbons (Fsp3) is 0.185. The van der Waals surface area contributed by atoms with Gasteiger partial charge in [-0.25, -0.2) is 4.98 Å². The van der Waals surface area contributed by atoms with E-state index in [2.05, 4.69) is 56.4 Å². The first-order valence-corrected chi connectivity index (χ1v) is 11.4. The fourth-order valence-electron chi connectivity index (χ4n) is 3.62. The zero-order valence-corrected chi connectivity index (χ0v) is 18.9. The maximum atomic E-state index is 12.9. The Labute approximate surface area is 187 Å². The second kappa shape index (κ2) is 9.27. The number of anilines is 1. The van der Waals surface area contributed by atoms with Crippen LogP contribution < -0.4 is 5.32 Å². The zero-order chi connectivity index (χ0) is 21.8. The highest BCUT2D eigenvalue weighted by molar-refractivity contribution is 7.16. The first kappa shape index (κ1) is 21.0. The quantitative estimate of drug-likeness (QED) is 0.351. The molecule has 0 radical (unpaired) electrons. The smallest absolute Gasteiger partial charge is 0.257 e. The van der Waals surface area contributed by atoms with Crippen LogP contribution >= 0.6 is 11.3 Å². The molecule has 156 valence electrons. The number of nitrogens with zero attached hydrogens (tertiary/aromatic N) is 1. The molecule has 0 bridgehead atoms. The number of aromatic nitrogens is 1. The third-order valence-corrected chi connectivity index (χ3v) is 6.33. The predicted molar refractivity (Wildman–Crippen MR) is 131 cm³/mol. The summed E-state index contributed by atoms with van der Waals surface area (Å²) < 4.78 is 0. The van der Waals surface area contributed by atoms with E-state index in [1.54, 1.807) is 11.3 Å². The van der Waals surface area contributed by atoms with Gasteiger partial charge in [0.2, 0.25) is 0 Å². The molecular formula is C27H26N2OS. The van der Waals surface area contributed by atoms with Gasteiger partial charge in [-0.05, 0) is 55.2 Å². The van der Waals surface area contributed by atoms with Crippen molar-refractivity contribution in [2.75, 3.05) is 5.32 Å². The number of carbonyl (C=O) groups is 1. The van der Waals surface area contributed by atoms with Gasteiger partial charge < -0.3 is 0 Å². The highest BCUT2D eigenvalue weighted by Crippen LogP contribution is 2.34. The summed E-state index contributed by atoms with van der Waals surface area (Å²) in [7, 11) is 0. The Morgan fingerprint density at radius 1 is 0.935 bits per heavy atom. The first-order valence-electron chi connectivity index (χ1n) is 10.6. The molecule has 0 aliphatic carbocycles. The highest BCUT2D eigenvalue weighted by Gasteiger charge is 2.17. The molecule has 0 aliphatic rings. The highest BCUT2D eigenvalue weighted by atomic mass is 32.1. The lowest BCUT2D eigenvalue weighted by Gasteiger charge is -2.06. The second-order valence-corrected chi connectivity index (χ2v) is 8.84. The Morgan fingerprint density at radius 2 is 1.65 bits per heavy atom. The Kier molecular flexibility index (Phi) is 6.28. The molecule has 0 saturated heterocycles. The van der Waals surface area contributed by atoms with Gasteiger partial charge in [-0.15, -0.1) is 11.3 Å². The average Bonchev–Trinajstić information content (AvgIpc) is 3.18. The minimum absolute atomic E-state index is 0.135. The molecule has 0 unspecified atom stereocenters. The van der Waals surface area contributed by atoms with Gasteiger partial charge in [-0.3, -0.25) is 10.1 Å². The summed E-state index contributed by atoms with van der Waals surface area (Å²) in [6, 6.07) is 24.3. The van der Waals surface area contributed by atoms with Gasteiger partial charge in [-0.2, -0.15) is 0 Å². The number of carbonyl (C=O) groups excluding carboxylic acids is 1. The molecular weight excluding hydrogens is 400 g/mol. The summed E-state index contributed by atoms with van der Waals surface area (Å²) in [5.41, 5.74) is 7.39. The minimum Gasteiger partial charge on any atom is -0.298 e. The molecule has 4 aromatic rings. The molecule has 0 aliphatic heterocycles. The Hall–Kier alpha value is -3.24. The largest absolute Gasteiger partial charge is 0.298 e. The average molecular weight is 427 g/mol. The molecule has 3 nitrogen and oxygen atoms in total. The Balaban J connectivity index is 1.58. The van der Waals surface area contributed by atoms with Crippen LogP contribution in [0.5, 0.6) is 0 Å². The van der Waals surface area contributed by atoms with Gasteiger partial charge in [0, 0.05) is 16.0 Å². The van der Waals surface area contributed by atoms with Crippen molar-refractivity contribution in [2.24, 2.45) is 0 Å². The third kappa shape index (κ3) is 4.75. The van der Waals surface area contributed by atoms with E-state index < -0.39 is 0 Å². The van der Waals surface area contributed by atoms with Crippen LogP contribution in [0.2, 0.25) is 0 Å². The molecule has 1 amide bonds. The van der Waals surface area contributed by atoms with Crippen LogP contribution in [-0.4, -0.2) is 10.9 Å². The summed E-state index contributed by atoms with van der Waals surface area (Å²) >= 11 is 1.57. The number of rotatable bonds is 6. The van der Waals surface area contributed by atoms with Crippen molar-refractivity contribution >= 4 is 22.4 Å². The van der Waals surface area contributed by atoms with Crippen molar-refractivity contribution in [3.05, 3.63) is 94.4 Å². The van der Waals surface area contributed by atoms with Crippen molar-refractivity contribution in [1.29, 1.82) is 0 Å². The van der Waals surface area contributed by atoms with E-state index in [4.69, 9.17) is 4.98 Å². The summed E-state index contributed by atoms with van der Waals surface area (Å²) in [5.74, 6) is -0.135. The number of hydrogen-bond donors (Lipinski definition) is 1. The SMILES string of the molecule is CCCc1sc(NC(=O)c2ccc(-c3ccccc3)cc2)nc1-c1cc(C)ccc1C. The van der Waals surface area contributed by atoms with Crippen molar-refractivity contribution in [1.82, 2.24) is 4.98 Å². The lowest BCUT2D eigenvalue weighted by molar-refractivity contribution is 0.102. The van der Waals surface area contributed by atoms with Crippen LogP contribution in [0.3, 0.4) is 0 Å². The van der Waals surface area contributed by atoms with E-state index in [1.165, 1.54) is 16.0 Å². The number of hydrogen-bond acceptors (Lipinski definition) is 3. The van der Waals surface area contributed by atoms with Gasteiger partial charge in [-0.1, -0.05) is 73.5 Å². The van der Waals surface area contributed by atoms with Gasteiger partial charge >= 0.3 is 0 Å². The van der Waals surface area contributed by atoms with Crippen molar-refractivity contribution < 1.29 is 4.79 Å². The summed E-state index contributed by atoms with van der Waals surface area (Å²) in [6.45, 7) is 6.37. The van der Waals surface area contributed by atoms with Crippen molar-refractivity contribution in [2.45, 2.75) is 33.6 Å². The molecule has 31 heavy (non-hydrogen) atoms. The minimum atomic E-state index is -0.135. The van der Waals surface area contributed by atoms with Crippen molar-refractivity contribution in [3.8, 4) is 22.4 Å². The van der Waals surface area contributed by atoms with Crippen LogP contribution in [0.25, 0.3) is 22.4 Å². The Morgan fingerprint density at radius 3 is 2.35 bits per heavy atom. The number of amides is 1. The lowest BCUT2D eigenvalue weighted by atomic mass is 10.0. The van der Waals surface area contributed by atoms with E-state index in [0.717, 1.165) is 35.2 Å². The third-order valence-electron chi connectivity index (χ3n) is 5.30. The van der Waals surface area contributed by atoms with Gasteiger partial charge in [0.15, 0.2) is 5.13 Å². The maximum absolute atomic E-state index is 12.9. The number of benzene rings is 3. The molecule has 4 heteroatoms.